The number of aryl methyl sites for hydroxylation is 1. The summed E-state index contributed by atoms with van der Waals surface area (Å²) in [7, 11) is 0. The lowest BCUT2D eigenvalue weighted by Gasteiger charge is -2.06. The lowest BCUT2D eigenvalue weighted by atomic mass is 10.3. The van der Waals surface area contributed by atoms with Gasteiger partial charge in [0.05, 0.1) is 5.69 Å². The summed E-state index contributed by atoms with van der Waals surface area (Å²) in [4.78, 5) is 8.01. The first kappa shape index (κ1) is 9.26. The fourth-order valence-corrected chi connectivity index (χ4v) is 0.949. The van der Waals surface area contributed by atoms with Gasteiger partial charge >= 0.3 is 0 Å². The van der Waals surface area contributed by atoms with E-state index in [1.54, 1.807) is 6.92 Å². The summed E-state index contributed by atoms with van der Waals surface area (Å²) in [5, 5.41) is 11.6. The zero-order valence-corrected chi connectivity index (χ0v) is 7.63. The molecule has 0 saturated carbocycles. The van der Waals surface area contributed by atoms with Gasteiger partial charge in [0, 0.05) is 6.54 Å². The maximum atomic E-state index is 8.61. The zero-order chi connectivity index (χ0) is 9.84. The summed E-state index contributed by atoms with van der Waals surface area (Å²) in [6, 6.07) is 1.88. The van der Waals surface area contributed by atoms with E-state index in [1.807, 2.05) is 13.0 Å². The van der Waals surface area contributed by atoms with E-state index in [2.05, 4.69) is 15.3 Å². The molecule has 5 nitrogen and oxygen atoms in total. The Morgan fingerprint density at radius 1 is 1.54 bits per heavy atom. The van der Waals surface area contributed by atoms with E-state index in [9.17, 15) is 0 Å². The SMILES string of the molecule is CCNc1nc(N)c(C#N)nc1C. The molecule has 0 saturated heterocycles. The molecule has 0 aliphatic heterocycles. The van der Waals surface area contributed by atoms with Crippen molar-refractivity contribution in [2.24, 2.45) is 0 Å². The Hall–Kier alpha value is -1.83. The lowest BCUT2D eigenvalue weighted by molar-refractivity contribution is 1.06. The van der Waals surface area contributed by atoms with E-state index in [4.69, 9.17) is 11.0 Å². The standard InChI is InChI=1S/C8H11N5/c1-3-11-8-5(2)12-6(4-9)7(10)13-8/h3H2,1-2H3,(H3,10,11,13). The first-order chi connectivity index (χ1) is 6.19. The van der Waals surface area contributed by atoms with Crippen LogP contribution in [0.5, 0.6) is 0 Å². The molecule has 3 N–H and O–H groups in total. The van der Waals surface area contributed by atoms with Gasteiger partial charge in [-0.05, 0) is 13.8 Å². The van der Waals surface area contributed by atoms with Crippen LogP contribution in [0.4, 0.5) is 11.6 Å². The maximum absolute atomic E-state index is 8.61. The smallest absolute Gasteiger partial charge is 0.183 e. The molecule has 0 spiro atoms. The Balaban J connectivity index is 3.14. The van der Waals surface area contributed by atoms with Gasteiger partial charge in [0.25, 0.3) is 0 Å². The van der Waals surface area contributed by atoms with Crippen LogP contribution in [0.15, 0.2) is 0 Å². The van der Waals surface area contributed by atoms with Crippen LogP contribution in [0.2, 0.25) is 0 Å². The molecule has 0 amide bonds. The molecule has 1 aromatic heterocycles. The number of anilines is 2. The van der Waals surface area contributed by atoms with Crippen LogP contribution < -0.4 is 11.1 Å². The minimum atomic E-state index is 0.170. The van der Waals surface area contributed by atoms with E-state index in [1.165, 1.54) is 0 Å². The number of nitrogens with one attached hydrogen (secondary N) is 1. The van der Waals surface area contributed by atoms with Crippen LogP contribution in [0.3, 0.4) is 0 Å². The molecule has 1 heterocycles. The van der Waals surface area contributed by atoms with Crippen LogP contribution >= 0.6 is 0 Å². The first-order valence-electron chi connectivity index (χ1n) is 3.97. The molecule has 0 aliphatic rings. The molecule has 0 radical (unpaired) electrons. The van der Waals surface area contributed by atoms with Crippen molar-refractivity contribution in [1.82, 2.24) is 9.97 Å². The van der Waals surface area contributed by atoms with Crippen LogP contribution in [0.1, 0.15) is 18.3 Å². The summed E-state index contributed by atoms with van der Waals surface area (Å²) in [5.74, 6) is 0.808. The van der Waals surface area contributed by atoms with E-state index in [0.717, 1.165) is 6.54 Å². The second kappa shape index (κ2) is 3.72. The zero-order valence-electron chi connectivity index (χ0n) is 7.63. The van der Waals surface area contributed by atoms with Crippen molar-refractivity contribution in [2.45, 2.75) is 13.8 Å². The molecule has 68 valence electrons. The molecule has 5 heteroatoms. The van der Waals surface area contributed by atoms with Gasteiger partial charge in [-0.15, -0.1) is 0 Å². The van der Waals surface area contributed by atoms with Crippen LogP contribution in [-0.2, 0) is 0 Å². The van der Waals surface area contributed by atoms with E-state index in [-0.39, 0.29) is 11.5 Å². The molecule has 0 bridgehead atoms. The van der Waals surface area contributed by atoms with Crippen molar-refractivity contribution in [1.29, 1.82) is 5.26 Å². The number of nitrogens with zero attached hydrogens (tertiary/aromatic N) is 3. The van der Waals surface area contributed by atoms with Crippen LogP contribution in [0, 0.1) is 18.3 Å². The van der Waals surface area contributed by atoms with Gasteiger partial charge in [-0.25, -0.2) is 9.97 Å². The third-order valence-corrected chi connectivity index (χ3v) is 1.55. The monoisotopic (exact) mass is 177 g/mol. The average Bonchev–Trinajstić information content (AvgIpc) is 2.11. The summed E-state index contributed by atoms with van der Waals surface area (Å²) in [5.41, 5.74) is 6.36. The Morgan fingerprint density at radius 3 is 2.77 bits per heavy atom. The number of nitriles is 1. The van der Waals surface area contributed by atoms with E-state index < -0.39 is 0 Å². The van der Waals surface area contributed by atoms with Crippen molar-refractivity contribution in [3.05, 3.63) is 11.4 Å². The van der Waals surface area contributed by atoms with Crippen molar-refractivity contribution >= 4 is 11.6 Å². The molecule has 0 fully saturated rings. The molecular weight excluding hydrogens is 166 g/mol. The summed E-state index contributed by atoms with van der Waals surface area (Å²) in [6.07, 6.45) is 0. The van der Waals surface area contributed by atoms with Crippen molar-refractivity contribution in [3.8, 4) is 6.07 Å². The topological polar surface area (TPSA) is 87.6 Å². The third-order valence-electron chi connectivity index (χ3n) is 1.55. The second-order valence-corrected chi connectivity index (χ2v) is 2.53. The fourth-order valence-electron chi connectivity index (χ4n) is 0.949. The van der Waals surface area contributed by atoms with Gasteiger partial charge in [0.2, 0.25) is 0 Å². The molecule has 1 rings (SSSR count). The van der Waals surface area contributed by atoms with Gasteiger partial charge in [0.15, 0.2) is 11.5 Å². The summed E-state index contributed by atoms with van der Waals surface area (Å²) >= 11 is 0. The predicted octanol–water partition coefficient (Wildman–Crippen LogP) is 0.671. The molecular formula is C8H11N5. The Kier molecular flexibility index (Phi) is 2.65. The second-order valence-electron chi connectivity index (χ2n) is 2.53. The number of nitrogen functional groups attached to an aromatic ring is 1. The number of nitrogens with two attached hydrogens (primary N) is 1. The lowest BCUT2D eigenvalue weighted by Crippen LogP contribution is -2.07. The number of hydrogen-bond acceptors (Lipinski definition) is 5. The fraction of sp³-hybridized carbons (Fsp3) is 0.375. The molecule has 13 heavy (non-hydrogen) atoms. The number of aromatic nitrogens is 2. The number of hydrogen-bond donors (Lipinski definition) is 2. The molecule has 0 unspecified atom stereocenters. The molecule has 0 aromatic carbocycles. The Labute approximate surface area is 76.6 Å². The molecule has 1 aromatic rings. The Morgan fingerprint density at radius 2 is 2.23 bits per heavy atom. The van der Waals surface area contributed by atoms with Gasteiger partial charge in [-0.2, -0.15) is 5.26 Å². The number of rotatable bonds is 2. The van der Waals surface area contributed by atoms with Gasteiger partial charge in [-0.3, -0.25) is 0 Å². The molecule has 0 aliphatic carbocycles. The normalized spacial score (nSPS) is 9.31. The van der Waals surface area contributed by atoms with Crippen molar-refractivity contribution in [3.63, 3.8) is 0 Å². The van der Waals surface area contributed by atoms with Gasteiger partial charge in [0.1, 0.15) is 11.9 Å². The van der Waals surface area contributed by atoms with Crippen LogP contribution in [-0.4, -0.2) is 16.5 Å². The summed E-state index contributed by atoms with van der Waals surface area (Å²) in [6.45, 7) is 4.49. The maximum Gasteiger partial charge on any atom is 0.183 e. The van der Waals surface area contributed by atoms with Crippen molar-refractivity contribution in [2.75, 3.05) is 17.6 Å². The average molecular weight is 177 g/mol. The minimum Gasteiger partial charge on any atom is -0.381 e. The third kappa shape index (κ3) is 1.85. The highest BCUT2D eigenvalue weighted by Crippen LogP contribution is 2.13. The van der Waals surface area contributed by atoms with Crippen LogP contribution in [0.25, 0.3) is 0 Å². The minimum absolute atomic E-state index is 0.170. The van der Waals surface area contributed by atoms with Gasteiger partial charge in [-0.1, -0.05) is 0 Å². The van der Waals surface area contributed by atoms with E-state index in [0.29, 0.717) is 11.5 Å². The predicted molar refractivity (Wildman–Crippen MR) is 50.1 cm³/mol. The quantitative estimate of drug-likeness (QED) is 0.693. The van der Waals surface area contributed by atoms with Gasteiger partial charge < -0.3 is 11.1 Å². The van der Waals surface area contributed by atoms with Crippen molar-refractivity contribution < 1.29 is 0 Å². The largest absolute Gasteiger partial charge is 0.381 e. The highest BCUT2D eigenvalue weighted by atomic mass is 15.1. The highest BCUT2D eigenvalue weighted by molar-refractivity contribution is 5.51. The first-order valence-corrected chi connectivity index (χ1v) is 3.97. The Bertz CT molecular complexity index is 352. The summed E-state index contributed by atoms with van der Waals surface area (Å²) < 4.78 is 0. The van der Waals surface area contributed by atoms with E-state index >= 15 is 0 Å². The highest BCUT2D eigenvalue weighted by Gasteiger charge is 2.06. The molecule has 0 atom stereocenters.